The summed E-state index contributed by atoms with van der Waals surface area (Å²) in [5.41, 5.74) is 0.715. The molecule has 1 atom stereocenters. The van der Waals surface area contributed by atoms with E-state index in [4.69, 9.17) is 11.6 Å². The quantitative estimate of drug-likeness (QED) is 0.840. The van der Waals surface area contributed by atoms with Crippen LogP contribution in [0.2, 0.25) is 5.02 Å². The maximum absolute atomic E-state index is 13.3. The van der Waals surface area contributed by atoms with Crippen molar-refractivity contribution in [1.82, 2.24) is 4.31 Å². The highest BCUT2D eigenvalue weighted by Crippen LogP contribution is 2.27. The Morgan fingerprint density at radius 3 is 2.05 bits per heavy atom. The molecule has 118 valence electrons. The van der Waals surface area contributed by atoms with Gasteiger partial charge in [-0.05, 0) is 36.8 Å². The summed E-state index contributed by atoms with van der Waals surface area (Å²) in [6.45, 7) is 1.68. The first-order valence-corrected chi connectivity index (χ1v) is 8.23. The monoisotopic (exact) mass is 345 g/mol. The smallest absolute Gasteiger partial charge is 0.207 e. The van der Waals surface area contributed by atoms with Crippen molar-refractivity contribution in [2.75, 3.05) is 7.05 Å². The minimum atomic E-state index is -4.02. The lowest BCUT2D eigenvalue weighted by atomic mass is 10.1. The molecule has 0 aliphatic heterocycles. The molecule has 0 amide bonds. The van der Waals surface area contributed by atoms with Crippen molar-refractivity contribution in [2.45, 2.75) is 17.9 Å². The summed E-state index contributed by atoms with van der Waals surface area (Å²) in [6.07, 6.45) is 0. The molecule has 7 heteroatoms. The summed E-state index contributed by atoms with van der Waals surface area (Å²) < 4.78 is 52.5. The van der Waals surface area contributed by atoms with E-state index in [0.29, 0.717) is 16.7 Å². The second kappa shape index (κ2) is 6.32. The molecule has 0 heterocycles. The molecular formula is C15H14ClF2NO2S. The van der Waals surface area contributed by atoms with Crippen molar-refractivity contribution in [1.29, 1.82) is 0 Å². The first-order valence-electron chi connectivity index (χ1n) is 6.41. The van der Waals surface area contributed by atoms with Crippen LogP contribution in [0.25, 0.3) is 0 Å². The van der Waals surface area contributed by atoms with Gasteiger partial charge in [-0.2, -0.15) is 4.31 Å². The van der Waals surface area contributed by atoms with E-state index in [-0.39, 0.29) is 0 Å². The third kappa shape index (κ3) is 3.45. The second-order valence-corrected chi connectivity index (χ2v) is 7.29. The van der Waals surface area contributed by atoms with Crippen LogP contribution in [-0.2, 0) is 10.0 Å². The fraction of sp³-hybridized carbons (Fsp3) is 0.200. The topological polar surface area (TPSA) is 37.4 Å². The van der Waals surface area contributed by atoms with Crippen LogP contribution in [0.1, 0.15) is 18.5 Å². The van der Waals surface area contributed by atoms with Gasteiger partial charge in [-0.1, -0.05) is 23.7 Å². The average Bonchev–Trinajstić information content (AvgIpc) is 2.45. The number of nitrogens with zero attached hydrogens (tertiary/aromatic N) is 1. The van der Waals surface area contributed by atoms with Gasteiger partial charge >= 0.3 is 0 Å². The summed E-state index contributed by atoms with van der Waals surface area (Å²) in [6, 6.07) is 8.39. The normalized spacial score (nSPS) is 13.4. The Kier molecular flexibility index (Phi) is 4.84. The van der Waals surface area contributed by atoms with Gasteiger partial charge in [0.25, 0.3) is 0 Å². The molecule has 0 saturated carbocycles. The van der Waals surface area contributed by atoms with Gasteiger partial charge in [0.2, 0.25) is 10.0 Å². The lowest BCUT2D eigenvalue weighted by Gasteiger charge is -2.24. The average molecular weight is 346 g/mol. The molecule has 0 N–H and O–H groups in total. The molecule has 0 aliphatic carbocycles. The Bertz CT molecular complexity index is 758. The molecule has 2 rings (SSSR count). The predicted molar refractivity (Wildman–Crippen MR) is 81.2 cm³/mol. The minimum absolute atomic E-state index is 0.423. The summed E-state index contributed by atoms with van der Waals surface area (Å²) in [5, 5.41) is 0.536. The maximum atomic E-state index is 13.3. The molecule has 0 aliphatic rings. The number of hydrogen-bond acceptors (Lipinski definition) is 2. The highest BCUT2D eigenvalue weighted by Gasteiger charge is 2.27. The second-order valence-electron chi connectivity index (χ2n) is 4.85. The van der Waals surface area contributed by atoms with E-state index < -0.39 is 32.6 Å². The lowest BCUT2D eigenvalue weighted by Crippen LogP contribution is -2.30. The number of sulfonamides is 1. The standard InChI is InChI=1S/C15H14ClF2NO2S/c1-10(11-3-5-12(16)6-4-11)19(2)22(20,21)15-8-13(17)7-14(18)9-15/h3-10H,1-2H3. The molecule has 0 fully saturated rings. The first-order chi connectivity index (χ1) is 10.2. The summed E-state index contributed by atoms with van der Waals surface area (Å²) in [7, 11) is -2.66. The fourth-order valence-electron chi connectivity index (χ4n) is 2.00. The predicted octanol–water partition coefficient (Wildman–Crippen LogP) is 4.00. The number of benzene rings is 2. The molecule has 1 unspecified atom stereocenters. The van der Waals surface area contributed by atoms with Crippen LogP contribution in [0.3, 0.4) is 0 Å². The molecule has 0 radical (unpaired) electrons. The number of halogens is 3. The molecule has 0 spiro atoms. The molecule has 0 bridgehead atoms. The van der Waals surface area contributed by atoms with E-state index in [9.17, 15) is 17.2 Å². The van der Waals surface area contributed by atoms with E-state index >= 15 is 0 Å². The Hall–Kier alpha value is -1.50. The SMILES string of the molecule is CC(c1ccc(Cl)cc1)N(C)S(=O)(=O)c1cc(F)cc(F)c1. The van der Waals surface area contributed by atoms with Crippen LogP contribution in [-0.4, -0.2) is 19.8 Å². The van der Waals surface area contributed by atoms with E-state index in [0.717, 1.165) is 16.4 Å². The van der Waals surface area contributed by atoms with Crippen molar-refractivity contribution < 1.29 is 17.2 Å². The maximum Gasteiger partial charge on any atom is 0.243 e. The van der Waals surface area contributed by atoms with Gasteiger partial charge in [-0.3, -0.25) is 0 Å². The van der Waals surface area contributed by atoms with E-state index in [1.54, 1.807) is 31.2 Å². The van der Waals surface area contributed by atoms with E-state index in [2.05, 4.69) is 0 Å². The summed E-state index contributed by atoms with van der Waals surface area (Å²) >= 11 is 5.80. The van der Waals surface area contributed by atoms with Crippen molar-refractivity contribution in [3.05, 3.63) is 64.7 Å². The number of hydrogen-bond donors (Lipinski definition) is 0. The lowest BCUT2D eigenvalue weighted by molar-refractivity contribution is 0.397. The highest BCUT2D eigenvalue weighted by molar-refractivity contribution is 7.89. The Balaban J connectivity index is 2.37. The van der Waals surface area contributed by atoms with Gasteiger partial charge in [0.05, 0.1) is 4.90 Å². The summed E-state index contributed by atoms with van der Waals surface area (Å²) in [4.78, 5) is -0.423. The zero-order valence-corrected chi connectivity index (χ0v) is 13.5. The molecule has 22 heavy (non-hydrogen) atoms. The molecule has 0 saturated heterocycles. The molecule has 0 aromatic heterocycles. The van der Waals surface area contributed by atoms with Gasteiger partial charge in [0.15, 0.2) is 0 Å². The van der Waals surface area contributed by atoms with Crippen LogP contribution in [0.4, 0.5) is 8.78 Å². The van der Waals surface area contributed by atoms with Crippen LogP contribution < -0.4 is 0 Å². The van der Waals surface area contributed by atoms with Gasteiger partial charge in [-0.25, -0.2) is 17.2 Å². The van der Waals surface area contributed by atoms with E-state index in [1.165, 1.54) is 7.05 Å². The van der Waals surface area contributed by atoms with Gasteiger partial charge in [-0.15, -0.1) is 0 Å². The Labute approximate surface area is 133 Å². The zero-order chi connectivity index (χ0) is 16.5. The van der Waals surface area contributed by atoms with Crippen molar-refractivity contribution in [3.8, 4) is 0 Å². The summed E-state index contributed by atoms with van der Waals surface area (Å²) in [5.74, 6) is -1.88. The van der Waals surface area contributed by atoms with Crippen molar-refractivity contribution >= 4 is 21.6 Å². The van der Waals surface area contributed by atoms with Crippen LogP contribution >= 0.6 is 11.6 Å². The van der Waals surface area contributed by atoms with Crippen LogP contribution in [0.15, 0.2) is 47.4 Å². The van der Waals surface area contributed by atoms with Gasteiger partial charge in [0.1, 0.15) is 11.6 Å². The van der Waals surface area contributed by atoms with Crippen molar-refractivity contribution in [3.63, 3.8) is 0 Å². The zero-order valence-electron chi connectivity index (χ0n) is 11.9. The Morgan fingerprint density at radius 1 is 1.05 bits per heavy atom. The van der Waals surface area contributed by atoms with E-state index in [1.807, 2.05) is 0 Å². The molecule has 2 aromatic carbocycles. The highest BCUT2D eigenvalue weighted by atomic mass is 35.5. The van der Waals surface area contributed by atoms with Gasteiger partial charge < -0.3 is 0 Å². The molecular weight excluding hydrogens is 332 g/mol. The minimum Gasteiger partial charge on any atom is -0.207 e. The van der Waals surface area contributed by atoms with Crippen LogP contribution in [0.5, 0.6) is 0 Å². The molecule has 3 nitrogen and oxygen atoms in total. The largest absolute Gasteiger partial charge is 0.243 e. The number of rotatable bonds is 4. The Morgan fingerprint density at radius 2 is 1.55 bits per heavy atom. The first kappa shape index (κ1) is 16.9. The third-order valence-corrected chi connectivity index (χ3v) is 5.57. The fourth-order valence-corrected chi connectivity index (χ4v) is 3.52. The molecule has 2 aromatic rings. The van der Waals surface area contributed by atoms with Crippen LogP contribution in [0, 0.1) is 11.6 Å². The van der Waals surface area contributed by atoms with Crippen molar-refractivity contribution in [2.24, 2.45) is 0 Å². The third-order valence-electron chi connectivity index (χ3n) is 3.41. The van der Waals surface area contributed by atoms with Gasteiger partial charge in [0, 0.05) is 24.2 Å².